The molecule has 24 heavy (non-hydrogen) atoms. The highest BCUT2D eigenvalue weighted by atomic mass is 16.3. The molecule has 5 nitrogen and oxygen atoms in total. The summed E-state index contributed by atoms with van der Waals surface area (Å²) < 4.78 is 0. The quantitative estimate of drug-likeness (QED) is 0.606. The molecule has 3 heterocycles. The minimum Gasteiger partial charge on any atom is -0.396 e. The number of rotatable bonds is 4. The van der Waals surface area contributed by atoms with Crippen molar-refractivity contribution in [1.82, 2.24) is 20.2 Å². The van der Waals surface area contributed by atoms with E-state index in [-0.39, 0.29) is 6.61 Å². The highest BCUT2D eigenvalue weighted by molar-refractivity contribution is 5.98. The zero-order valence-corrected chi connectivity index (χ0v) is 13.0. The number of hydrogen-bond acceptors (Lipinski definition) is 4. The van der Waals surface area contributed by atoms with Gasteiger partial charge in [-0.3, -0.25) is 15.1 Å². The second-order valence-corrected chi connectivity index (χ2v) is 5.49. The van der Waals surface area contributed by atoms with Crippen LogP contribution < -0.4 is 0 Å². The molecule has 0 aliphatic rings. The van der Waals surface area contributed by atoms with Crippen molar-refractivity contribution < 1.29 is 5.11 Å². The Kier molecular flexibility index (Phi) is 3.76. The van der Waals surface area contributed by atoms with Crippen LogP contribution in [0.2, 0.25) is 0 Å². The third-order valence-electron chi connectivity index (χ3n) is 4.03. The number of aliphatic hydroxyl groups is 1. The van der Waals surface area contributed by atoms with Crippen LogP contribution in [0.25, 0.3) is 33.4 Å². The summed E-state index contributed by atoms with van der Waals surface area (Å²) in [5.74, 6) is 0. The maximum atomic E-state index is 9.41. The number of aliphatic hydroxyl groups excluding tert-OH is 1. The number of fused-ring (bicyclic) bond motifs is 1. The van der Waals surface area contributed by atoms with Crippen LogP contribution in [0.5, 0.6) is 0 Å². The normalized spacial score (nSPS) is 11.0. The molecule has 5 heteroatoms. The van der Waals surface area contributed by atoms with Gasteiger partial charge in [0.2, 0.25) is 0 Å². The number of benzene rings is 1. The summed E-state index contributed by atoms with van der Waals surface area (Å²) in [6, 6.07) is 15.8. The van der Waals surface area contributed by atoms with E-state index in [0.29, 0.717) is 6.42 Å². The third kappa shape index (κ3) is 2.45. The van der Waals surface area contributed by atoms with Gasteiger partial charge in [-0.05, 0) is 29.8 Å². The molecule has 0 amide bonds. The largest absolute Gasteiger partial charge is 0.396 e. The van der Waals surface area contributed by atoms with Crippen LogP contribution in [0, 0.1) is 0 Å². The molecule has 0 aliphatic carbocycles. The van der Waals surface area contributed by atoms with Gasteiger partial charge in [-0.1, -0.05) is 24.3 Å². The first-order valence-corrected chi connectivity index (χ1v) is 7.82. The lowest BCUT2D eigenvalue weighted by atomic mass is 9.97. The Hall–Kier alpha value is -3.05. The number of para-hydroxylation sites is 1. The first-order chi connectivity index (χ1) is 11.9. The molecule has 1 aromatic carbocycles. The topological polar surface area (TPSA) is 74.7 Å². The van der Waals surface area contributed by atoms with Gasteiger partial charge in [0.25, 0.3) is 0 Å². The van der Waals surface area contributed by atoms with Crippen molar-refractivity contribution in [2.24, 2.45) is 0 Å². The highest BCUT2D eigenvalue weighted by Gasteiger charge is 2.19. The van der Waals surface area contributed by atoms with Crippen LogP contribution in [0.1, 0.15) is 5.69 Å². The third-order valence-corrected chi connectivity index (χ3v) is 4.03. The van der Waals surface area contributed by atoms with E-state index in [1.165, 1.54) is 0 Å². The summed E-state index contributed by atoms with van der Waals surface area (Å²) in [5.41, 5.74) is 5.43. The van der Waals surface area contributed by atoms with Crippen molar-refractivity contribution in [2.45, 2.75) is 6.42 Å². The Morgan fingerprint density at radius 2 is 1.79 bits per heavy atom. The second kappa shape index (κ2) is 6.22. The maximum Gasteiger partial charge on any atom is 0.119 e. The molecule has 0 saturated heterocycles. The summed E-state index contributed by atoms with van der Waals surface area (Å²) >= 11 is 0. The van der Waals surface area contributed by atoms with Crippen LogP contribution in [-0.4, -0.2) is 31.9 Å². The van der Waals surface area contributed by atoms with Crippen molar-refractivity contribution in [3.05, 3.63) is 66.6 Å². The smallest absolute Gasteiger partial charge is 0.119 e. The zero-order chi connectivity index (χ0) is 16.4. The Morgan fingerprint density at radius 1 is 0.917 bits per heavy atom. The first kappa shape index (κ1) is 14.5. The SMILES string of the molecule is OCCc1[nH]nc(-c2ccccn2)c1-c1ccnc2ccccc12. The van der Waals surface area contributed by atoms with Crippen molar-refractivity contribution in [3.63, 3.8) is 0 Å². The molecule has 4 rings (SSSR count). The molecule has 118 valence electrons. The van der Waals surface area contributed by atoms with Crippen LogP contribution in [0.3, 0.4) is 0 Å². The van der Waals surface area contributed by atoms with E-state index >= 15 is 0 Å². The summed E-state index contributed by atoms with van der Waals surface area (Å²) in [7, 11) is 0. The fourth-order valence-electron chi connectivity index (χ4n) is 2.96. The molecule has 0 spiro atoms. The molecule has 0 radical (unpaired) electrons. The van der Waals surface area contributed by atoms with Gasteiger partial charge < -0.3 is 5.11 Å². The fourth-order valence-corrected chi connectivity index (χ4v) is 2.96. The molecule has 0 saturated carbocycles. The fraction of sp³-hybridized carbons (Fsp3) is 0.105. The summed E-state index contributed by atoms with van der Waals surface area (Å²) in [4.78, 5) is 8.86. The van der Waals surface area contributed by atoms with E-state index in [4.69, 9.17) is 0 Å². The summed E-state index contributed by atoms with van der Waals surface area (Å²) in [5, 5.41) is 18.0. The highest BCUT2D eigenvalue weighted by Crippen LogP contribution is 2.36. The first-order valence-electron chi connectivity index (χ1n) is 7.82. The van der Waals surface area contributed by atoms with Gasteiger partial charge in [0.1, 0.15) is 5.69 Å². The lowest BCUT2D eigenvalue weighted by Gasteiger charge is -2.09. The average Bonchev–Trinajstić information content (AvgIpc) is 3.06. The van der Waals surface area contributed by atoms with Gasteiger partial charge in [-0.25, -0.2) is 0 Å². The second-order valence-electron chi connectivity index (χ2n) is 5.49. The molecule has 0 bridgehead atoms. The molecule has 3 aromatic heterocycles. The number of nitrogens with zero attached hydrogens (tertiary/aromatic N) is 3. The maximum absolute atomic E-state index is 9.41. The van der Waals surface area contributed by atoms with Gasteiger partial charge in [0.15, 0.2) is 0 Å². The van der Waals surface area contributed by atoms with E-state index in [0.717, 1.165) is 39.1 Å². The zero-order valence-electron chi connectivity index (χ0n) is 13.0. The van der Waals surface area contributed by atoms with E-state index in [2.05, 4.69) is 26.2 Å². The number of aromatic nitrogens is 4. The number of hydrogen-bond donors (Lipinski definition) is 2. The van der Waals surface area contributed by atoms with Gasteiger partial charge in [-0.15, -0.1) is 0 Å². The lowest BCUT2D eigenvalue weighted by Crippen LogP contribution is -1.95. The molecule has 0 fully saturated rings. The number of H-pyrrole nitrogens is 1. The summed E-state index contributed by atoms with van der Waals surface area (Å²) in [6.45, 7) is 0.0554. The number of pyridine rings is 2. The number of nitrogens with one attached hydrogen (secondary N) is 1. The van der Waals surface area contributed by atoms with Gasteiger partial charge >= 0.3 is 0 Å². The van der Waals surface area contributed by atoms with E-state index in [1.54, 1.807) is 12.4 Å². The summed E-state index contributed by atoms with van der Waals surface area (Å²) in [6.07, 6.45) is 4.06. The van der Waals surface area contributed by atoms with E-state index in [1.807, 2.05) is 42.5 Å². The predicted octanol–water partition coefficient (Wildman–Crippen LogP) is 3.22. The Morgan fingerprint density at radius 3 is 2.62 bits per heavy atom. The molecule has 4 aromatic rings. The van der Waals surface area contributed by atoms with Crippen molar-refractivity contribution >= 4 is 10.9 Å². The van der Waals surface area contributed by atoms with Crippen molar-refractivity contribution in [2.75, 3.05) is 6.61 Å². The van der Waals surface area contributed by atoms with Crippen LogP contribution in [0.15, 0.2) is 60.9 Å². The molecule has 0 unspecified atom stereocenters. The molecule has 0 aliphatic heterocycles. The molecular formula is C19H16N4O. The standard InChI is InChI=1S/C19H16N4O/c24-12-9-16-18(19(23-22-16)17-7-3-4-10-20-17)14-8-11-21-15-6-2-1-5-13(14)15/h1-8,10-11,24H,9,12H2,(H,22,23). The van der Waals surface area contributed by atoms with Crippen LogP contribution in [0.4, 0.5) is 0 Å². The Labute approximate surface area is 139 Å². The van der Waals surface area contributed by atoms with Gasteiger partial charge in [0, 0.05) is 42.1 Å². The van der Waals surface area contributed by atoms with Crippen molar-refractivity contribution in [1.29, 1.82) is 0 Å². The van der Waals surface area contributed by atoms with Crippen LogP contribution >= 0.6 is 0 Å². The van der Waals surface area contributed by atoms with Crippen LogP contribution in [-0.2, 0) is 6.42 Å². The Balaban J connectivity index is 2.01. The minimum absolute atomic E-state index is 0.0554. The number of aromatic amines is 1. The lowest BCUT2D eigenvalue weighted by molar-refractivity contribution is 0.298. The monoisotopic (exact) mass is 316 g/mol. The Bertz CT molecular complexity index is 974. The molecule has 0 atom stereocenters. The minimum atomic E-state index is 0.0554. The van der Waals surface area contributed by atoms with E-state index in [9.17, 15) is 5.11 Å². The molecule has 2 N–H and O–H groups in total. The molecular weight excluding hydrogens is 300 g/mol. The average molecular weight is 316 g/mol. The van der Waals surface area contributed by atoms with E-state index < -0.39 is 0 Å². The van der Waals surface area contributed by atoms with Crippen molar-refractivity contribution in [3.8, 4) is 22.5 Å². The van der Waals surface area contributed by atoms with Gasteiger partial charge in [0.05, 0.1) is 11.2 Å². The predicted molar refractivity (Wildman–Crippen MR) is 93.3 cm³/mol. The van der Waals surface area contributed by atoms with Gasteiger partial charge in [-0.2, -0.15) is 5.10 Å².